The van der Waals surface area contributed by atoms with E-state index in [9.17, 15) is 4.79 Å². The summed E-state index contributed by atoms with van der Waals surface area (Å²) in [6, 6.07) is 24.4. The Morgan fingerprint density at radius 1 is 1.06 bits per heavy atom. The van der Waals surface area contributed by atoms with Gasteiger partial charge >= 0.3 is 0 Å². The third-order valence-corrected chi connectivity index (χ3v) is 5.24. The number of ether oxygens (including phenoxy) is 1. The normalized spacial score (nSPS) is 10.9. The zero-order valence-corrected chi connectivity index (χ0v) is 19.1. The molecule has 0 spiro atoms. The number of hydrogen-bond donors (Lipinski definition) is 1. The van der Waals surface area contributed by atoms with Crippen LogP contribution in [0.15, 0.2) is 94.6 Å². The van der Waals surface area contributed by atoms with E-state index in [4.69, 9.17) is 16.3 Å². The number of benzene rings is 3. The van der Waals surface area contributed by atoms with Crippen molar-refractivity contribution >= 4 is 39.7 Å². The minimum Gasteiger partial charge on any atom is -0.457 e. The molecule has 1 aromatic heterocycles. The zero-order valence-electron chi connectivity index (χ0n) is 16.8. The monoisotopic (exact) mass is 508 g/mol. The number of hydrogen-bond acceptors (Lipinski definition) is 4. The second kappa shape index (κ2) is 10.3. The number of carbonyl (C=O) groups excluding carboxylic acids is 1. The fourth-order valence-electron chi connectivity index (χ4n) is 2.91. The molecular formula is C24H18BrClN4O2. The molecule has 0 aliphatic heterocycles. The van der Waals surface area contributed by atoms with Crippen molar-refractivity contribution in [1.29, 1.82) is 0 Å². The molecule has 1 N–H and O–H groups in total. The maximum absolute atomic E-state index is 12.5. The molecule has 0 fully saturated rings. The van der Waals surface area contributed by atoms with Gasteiger partial charge in [-0.15, -0.1) is 0 Å². The fourth-order valence-corrected chi connectivity index (χ4v) is 3.53. The average molecular weight is 510 g/mol. The van der Waals surface area contributed by atoms with E-state index in [1.54, 1.807) is 17.1 Å². The van der Waals surface area contributed by atoms with E-state index in [0.717, 1.165) is 16.9 Å². The number of carbonyl (C=O) groups is 1. The first-order valence-electron chi connectivity index (χ1n) is 9.70. The average Bonchev–Trinajstić information content (AvgIpc) is 3.16. The summed E-state index contributed by atoms with van der Waals surface area (Å²) in [4.78, 5) is 12.5. The van der Waals surface area contributed by atoms with E-state index in [1.807, 2.05) is 78.9 Å². The van der Waals surface area contributed by atoms with Crippen LogP contribution in [0, 0.1) is 0 Å². The summed E-state index contributed by atoms with van der Waals surface area (Å²) in [6.07, 6.45) is 3.30. The van der Waals surface area contributed by atoms with Crippen molar-refractivity contribution in [1.82, 2.24) is 15.2 Å². The van der Waals surface area contributed by atoms with Gasteiger partial charge in [0.1, 0.15) is 11.5 Å². The number of para-hydroxylation sites is 1. The highest BCUT2D eigenvalue weighted by atomic mass is 79.9. The lowest BCUT2D eigenvalue weighted by molar-refractivity contribution is 0.0948. The predicted octanol–water partition coefficient (Wildman–Crippen LogP) is 5.90. The molecule has 4 rings (SSSR count). The highest BCUT2D eigenvalue weighted by molar-refractivity contribution is 9.10. The van der Waals surface area contributed by atoms with Gasteiger partial charge in [0.15, 0.2) is 5.69 Å². The van der Waals surface area contributed by atoms with Crippen molar-refractivity contribution in [2.45, 2.75) is 6.54 Å². The van der Waals surface area contributed by atoms with E-state index in [2.05, 4.69) is 31.6 Å². The van der Waals surface area contributed by atoms with Crippen LogP contribution in [0.5, 0.6) is 11.5 Å². The van der Waals surface area contributed by atoms with E-state index in [0.29, 0.717) is 21.8 Å². The van der Waals surface area contributed by atoms with Crippen LogP contribution in [0.3, 0.4) is 0 Å². The van der Waals surface area contributed by atoms with Gasteiger partial charge < -0.3 is 4.74 Å². The van der Waals surface area contributed by atoms with E-state index in [-0.39, 0.29) is 5.69 Å². The molecule has 0 aliphatic rings. The first-order valence-corrected chi connectivity index (χ1v) is 10.9. The molecule has 8 heteroatoms. The van der Waals surface area contributed by atoms with Crippen LogP contribution in [0.25, 0.3) is 0 Å². The van der Waals surface area contributed by atoms with Crippen LogP contribution in [0.4, 0.5) is 0 Å². The molecule has 6 nitrogen and oxygen atoms in total. The Kier molecular flexibility index (Phi) is 6.99. The number of halogens is 2. The fraction of sp³-hybridized carbons (Fsp3) is 0.0417. The van der Waals surface area contributed by atoms with Crippen LogP contribution >= 0.6 is 27.5 Å². The molecule has 160 valence electrons. The molecule has 0 aliphatic carbocycles. The van der Waals surface area contributed by atoms with Crippen molar-refractivity contribution in [2.75, 3.05) is 0 Å². The molecule has 0 bridgehead atoms. The third-order valence-electron chi connectivity index (χ3n) is 4.41. The first kappa shape index (κ1) is 21.8. The molecule has 0 saturated carbocycles. The van der Waals surface area contributed by atoms with Crippen molar-refractivity contribution in [3.8, 4) is 11.5 Å². The van der Waals surface area contributed by atoms with E-state index < -0.39 is 5.91 Å². The number of hydrazone groups is 1. The molecule has 3 aromatic carbocycles. The van der Waals surface area contributed by atoms with Gasteiger partial charge in [-0.1, -0.05) is 54.1 Å². The van der Waals surface area contributed by atoms with Gasteiger partial charge in [0.2, 0.25) is 0 Å². The lowest BCUT2D eigenvalue weighted by atomic mass is 10.2. The summed E-state index contributed by atoms with van der Waals surface area (Å²) in [5, 5.41) is 9.06. The minimum atomic E-state index is -0.417. The number of amides is 1. The second-order valence-electron chi connectivity index (χ2n) is 6.84. The third kappa shape index (κ3) is 5.84. The number of nitrogens with one attached hydrogen (secondary N) is 1. The topological polar surface area (TPSA) is 68.5 Å². The smallest absolute Gasteiger partial charge is 0.293 e. The van der Waals surface area contributed by atoms with Gasteiger partial charge in [-0.05, 0) is 63.5 Å². The molecule has 32 heavy (non-hydrogen) atoms. The maximum atomic E-state index is 12.5. The summed E-state index contributed by atoms with van der Waals surface area (Å²) in [6.45, 7) is 0.514. The first-order chi connectivity index (χ1) is 15.6. The molecule has 4 aromatic rings. The van der Waals surface area contributed by atoms with Crippen molar-refractivity contribution in [2.24, 2.45) is 5.10 Å². The van der Waals surface area contributed by atoms with Crippen LogP contribution in [0.1, 0.15) is 21.6 Å². The van der Waals surface area contributed by atoms with Crippen LogP contribution in [0.2, 0.25) is 5.02 Å². The standard InChI is InChI=1S/C24H18BrClN4O2/c25-22-16-30(15-17-9-11-19(26)12-10-17)29-23(22)24(31)28-27-14-18-5-4-8-21(13-18)32-20-6-2-1-3-7-20/h1-14,16H,15H2,(H,28,31)/b27-14-. The number of nitrogens with zero attached hydrogens (tertiary/aromatic N) is 3. The number of rotatable bonds is 7. The molecular weight excluding hydrogens is 492 g/mol. The SMILES string of the molecule is O=C(N/N=C\c1cccc(Oc2ccccc2)c1)c1nn(Cc2ccc(Cl)cc2)cc1Br. The van der Waals surface area contributed by atoms with E-state index in [1.165, 1.54) is 0 Å². The highest BCUT2D eigenvalue weighted by Gasteiger charge is 2.15. The van der Waals surface area contributed by atoms with Gasteiger partial charge in [0.25, 0.3) is 5.91 Å². The van der Waals surface area contributed by atoms with Gasteiger partial charge in [-0.2, -0.15) is 10.2 Å². The van der Waals surface area contributed by atoms with Gasteiger partial charge in [-0.3, -0.25) is 9.48 Å². The zero-order chi connectivity index (χ0) is 22.3. The summed E-state index contributed by atoms with van der Waals surface area (Å²) in [5.74, 6) is 1.00. The van der Waals surface area contributed by atoms with Crippen LogP contribution in [-0.4, -0.2) is 21.9 Å². The van der Waals surface area contributed by atoms with Crippen LogP contribution < -0.4 is 10.2 Å². The maximum Gasteiger partial charge on any atom is 0.293 e. The van der Waals surface area contributed by atoms with Gasteiger partial charge in [0.05, 0.1) is 17.2 Å². The minimum absolute atomic E-state index is 0.247. The van der Waals surface area contributed by atoms with Crippen LogP contribution in [-0.2, 0) is 6.54 Å². The van der Waals surface area contributed by atoms with Crippen molar-refractivity contribution in [3.63, 3.8) is 0 Å². The second-order valence-corrected chi connectivity index (χ2v) is 8.13. The molecule has 1 amide bonds. The Morgan fingerprint density at radius 2 is 1.81 bits per heavy atom. The predicted molar refractivity (Wildman–Crippen MR) is 128 cm³/mol. The molecule has 0 unspecified atom stereocenters. The summed E-state index contributed by atoms with van der Waals surface area (Å²) < 4.78 is 8.07. The number of aromatic nitrogens is 2. The lowest BCUT2D eigenvalue weighted by Crippen LogP contribution is -2.19. The molecule has 0 radical (unpaired) electrons. The Balaban J connectivity index is 1.38. The molecule has 0 atom stereocenters. The highest BCUT2D eigenvalue weighted by Crippen LogP contribution is 2.21. The quantitative estimate of drug-likeness (QED) is 0.249. The van der Waals surface area contributed by atoms with Crippen molar-refractivity contribution < 1.29 is 9.53 Å². The van der Waals surface area contributed by atoms with Crippen molar-refractivity contribution in [3.05, 3.63) is 111 Å². The largest absolute Gasteiger partial charge is 0.457 e. The van der Waals surface area contributed by atoms with E-state index >= 15 is 0 Å². The van der Waals surface area contributed by atoms with Gasteiger partial charge in [-0.25, -0.2) is 5.43 Å². The molecule has 1 heterocycles. The summed E-state index contributed by atoms with van der Waals surface area (Å²) in [7, 11) is 0. The Hall–Kier alpha value is -3.42. The summed E-state index contributed by atoms with van der Waals surface area (Å²) in [5.41, 5.74) is 4.56. The molecule has 0 saturated heterocycles. The summed E-state index contributed by atoms with van der Waals surface area (Å²) >= 11 is 9.31. The lowest BCUT2D eigenvalue weighted by Gasteiger charge is -2.05. The Bertz CT molecular complexity index is 1240. The van der Waals surface area contributed by atoms with Gasteiger partial charge in [0, 0.05) is 11.2 Å². The Morgan fingerprint density at radius 3 is 2.59 bits per heavy atom. The Labute approximate surface area is 198 Å².